The number of hydrogen-bond donors (Lipinski definition) is 12. The Morgan fingerprint density at radius 3 is 1.54 bits per heavy atom. The number of unbranched alkanes of at least 4 members (excludes halogenated alkanes) is 12. The van der Waals surface area contributed by atoms with Gasteiger partial charge in [0.05, 0.1) is 38.1 Å². The molecule has 0 saturated carbocycles. The van der Waals surface area contributed by atoms with Crippen molar-refractivity contribution in [1.82, 2.24) is 0 Å². The maximum absolute atomic E-state index is 11.1. The van der Waals surface area contributed by atoms with E-state index in [0.717, 1.165) is 77.0 Å². The first-order valence-electron chi connectivity index (χ1n) is 22.7. The van der Waals surface area contributed by atoms with Crippen LogP contribution in [0, 0.1) is 0 Å². The Morgan fingerprint density at radius 1 is 0.557 bits per heavy atom. The Balaban J connectivity index is 1.42. The summed E-state index contributed by atoms with van der Waals surface area (Å²) < 4.78 is 35.0. The maximum atomic E-state index is 11.1. The fraction of sp³-hybridized carbons (Fsp3) is 0.976. The Kier molecular flexibility index (Phi) is 26.0. The molecule has 19 nitrogen and oxygen atoms in total. The SMILES string of the molecule is CCCCC(CCCC(O)C(O)CCCCCCCCCCCCCCC(O)C(=O)O)OC1OCC(O)C(O)C1OC1OCC(O)C(O)C1OC1OC(CO)C(O)C(O)C1O. The summed E-state index contributed by atoms with van der Waals surface area (Å²) in [5.41, 5.74) is 0. The number of carboxylic acid groups (broad SMARTS) is 1. The zero-order valence-corrected chi connectivity index (χ0v) is 35.8. The average molecular weight is 887 g/mol. The van der Waals surface area contributed by atoms with E-state index in [0.29, 0.717) is 38.5 Å². The summed E-state index contributed by atoms with van der Waals surface area (Å²) in [5, 5.41) is 123. The second-order valence-electron chi connectivity index (χ2n) is 17.1. The summed E-state index contributed by atoms with van der Waals surface area (Å²) in [6, 6.07) is 0. The van der Waals surface area contributed by atoms with Gasteiger partial charge < -0.3 is 89.7 Å². The molecule has 3 aliphatic rings. The van der Waals surface area contributed by atoms with E-state index in [4.69, 9.17) is 33.5 Å². The van der Waals surface area contributed by atoms with Gasteiger partial charge in [-0.15, -0.1) is 0 Å². The summed E-state index contributed by atoms with van der Waals surface area (Å²) >= 11 is 0. The number of hydrogen-bond acceptors (Lipinski definition) is 18. The lowest BCUT2D eigenvalue weighted by Gasteiger charge is -2.46. The third kappa shape index (κ3) is 18.3. The summed E-state index contributed by atoms with van der Waals surface area (Å²) in [7, 11) is 0. The molecule has 19 heteroatoms. The van der Waals surface area contributed by atoms with Gasteiger partial charge in [0.15, 0.2) is 25.0 Å². The third-order valence-electron chi connectivity index (χ3n) is 12.0. The van der Waals surface area contributed by atoms with E-state index in [9.17, 15) is 61.0 Å². The number of carboxylic acids is 1. The minimum absolute atomic E-state index is 0.289. The standard InChI is InChI=1S/C42H78O19/c1-2-3-17-25(18-16-21-27(45)26(44)19-14-12-10-8-6-4-5-7-9-11-13-15-20-28(46)39(54)55)58-41-37(32(49)29(47)23-56-41)61-42-38(33(50)30(48)24-57-42)60-40-36(53)35(52)34(51)31(22-43)59-40/h25-38,40-53H,2-24H2,1H3,(H,54,55). The van der Waals surface area contributed by atoms with Crippen LogP contribution in [0.15, 0.2) is 0 Å². The molecule has 12 N–H and O–H groups in total. The molecule has 3 fully saturated rings. The second-order valence-corrected chi connectivity index (χ2v) is 17.1. The van der Waals surface area contributed by atoms with Gasteiger partial charge in [0.2, 0.25) is 0 Å². The zero-order valence-electron chi connectivity index (χ0n) is 35.8. The van der Waals surface area contributed by atoms with Crippen LogP contribution in [0.3, 0.4) is 0 Å². The predicted octanol–water partition coefficient (Wildman–Crippen LogP) is 0.0873. The maximum Gasteiger partial charge on any atom is 0.332 e. The van der Waals surface area contributed by atoms with Crippen LogP contribution in [0.5, 0.6) is 0 Å². The lowest BCUT2D eigenvalue weighted by Crippen LogP contribution is -2.64. The molecule has 3 aliphatic heterocycles. The molecule has 0 spiro atoms. The first-order valence-corrected chi connectivity index (χ1v) is 22.7. The highest BCUT2D eigenvalue weighted by Crippen LogP contribution is 2.32. The van der Waals surface area contributed by atoms with E-state index in [1.165, 1.54) is 12.8 Å². The highest BCUT2D eigenvalue weighted by Gasteiger charge is 2.51. The molecule has 61 heavy (non-hydrogen) atoms. The molecule has 0 radical (unpaired) electrons. The first kappa shape index (κ1) is 54.1. The molecular weight excluding hydrogens is 808 g/mol. The predicted molar refractivity (Wildman–Crippen MR) is 216 cm³/mol. The molecular formula is C42H78O19. The Bertz CT molecular complexity index is 1150. The van der Waals surface area contributed by atoms with E-state index in [-0.39, 0.29) is 6.61 Å². The molecule has 0 aromatic heterocycles. The summed E-state index contributed by atoms with van der Waals surface area (Å²) in [4.78, 5) is 10.6. The molecule has 0 bridgehead atoms. The molecule has 3 saturated heterocycles. The highest BCUT2D eigenvalue weighted by atomic mass is 16.8. The molecule has 3 rings (SSSR count). The lowest BCUT2D eigenvalue weighted by molar-refractivity contribution is -0.380. The van der Waals surface area contributed by atoms with Gasteiger partial charge in [0.1, 0.15) is 61.0 Å². The number of carbonyl (C=O) groups is 1. The quantitative estimate of drug-likeness (QED) is 0.0411. The van der Waals surface area contributed by atoms with Gasteiger partial charge >= 0.3 is 5.97 Å². The van der Waals surface area contributed by atoms with Crippen LogP contribution in [0.2, 0.25) is 0 Å². The van der Waals surface area contributed by atoms with Crippen LogP contribution < -0.4 is 0 Å². The van der Waals surface area contributed by atoms with Gasteiger partial charge in [-0.2, -0.15) is 0 Å². The smallest absolute Gasteiger partial charge is 0.332 e. The normalized spacial score (nSPS) is 34.2. The van der Waals surface area contributed by atoms with Crippen molar-refractivity contribution < 1.29 is 94.5 Å². The Labute approximate surface area is 359 Å². The number of aliphatic hydroxyl groups excluding tert-OH is 11. The fourth-order valence-electron chi connectivity index (χ4n) is 7.97. The Hall–Kier alpha value is -1.21. The topological polar surface area (TPSA) is 315 Å². The summed E-state index contributed by atoms with van der Waals surface area (Å²) in [5.74, 6) is -1.16. The molecule has 0 aromatic carbocycles. The monoisotopic (exact) mass is 887 g/mol. The van der Waals surface area contributed by atoms with Gasteiger partial charge in [-0.05, 0) is 38.5 Å². The molecule has 3 heterocycles. The van der Waals surface area contributed by atoms with Crippen molar-refractivity contribution in [2.45, 2.75) is 240 Å². The Morgan fingerprint density at radius 2 is 1.02 bits per heavy atom. The summed E-state index contributed by atoms with van der Waals surface area (Å²) in [6.07, 6.45) is -7.03. The molecule has 0 aliphatic carbocycles. The molecule has 0 amide bonds. The minimum atomic E-state index is -1.84. The molecule has 17 atom stereocenters. The van der Waals surface area contributed by atoms with Crippen LogP contribution in [-0.2, 0) is 33.2 Å². The second kappa shape index (κ2) is 29.4. The van der Waals surface area contributed by atoms with Crippen LogP contribution in [0.1, 0.15) is 135 Å². The van der Waals surface area contributed by atoms with Crippen LogP contribution >= 0.6 is 0 Å². The van der Waals surface area contributed by atoms with E-state index in [1.54, 1.807) is 0 Å². The fourth-order valence-corrected chi connectivity index (χ4v) is 7.97. The van der Waals surface area contributed by atoms with Gasteiger partial charge in [-0.3, -0.25) is 0 Å². The number of ether oxygens (including phenoxy) is 6. The number of aliphatic hydroxyl groups is 11. The third-order valence-corrected chi connectivity index (χ3v) is 12.0. The van der Waals surface area contributed by atoms with Gasteiger partial charge in [-0.25, -0.2) is 4.79 Å². The largest absolute Gasteiger partial charge is 0.479 e. The molecule has 360 valence electrons. The minimum Gasteiger partial charge on any atom is -0.479 e. The van der Waals surface area contributed by atoms with Gasteiger partial charge in [-0.1, -0.05) is 96.8 Å². The zero-order chi connectivity index (χ0) is 44.9. The van der Waals surface area contributed by atoms with Crippen molar-refractivity contribution in [3.8, 4) is 0 Å². The van der Waals surface area contributed by atoms with Crippen molar-refractivity contribution in [2.75, 3.05) is 19.8 Å². The van der Waals surface area contributed by atoms with E-state index >= 15 is 0 Å². The van der Waals surface area contributed by atoms with Gasteiger partial charge in [0, 0.05) is 0 Å². The summed E-state index contributed by atoms with van der Waals surface area (Å²) in [6.45, 7) is 0.564. The van der Waals surface area contributed by atoms with E-state index in [2.05, 4.69) is 0 Å². The van der Waals surface area contributed by atoms with Crippen LogP contribution in [0.4, 0.5) is 0 Å². The number of aliphatic carboxylic acids is 1. The van der Waals surface area contributed by atoms with Gasteiger partial charge in [0.25, 0.3) is 0 Å². The van der Waals surface area contributed by atoms with E-state index in [1.807, 2.05) is 6.92 Å². The van der Waals surface area contributed by atoms with Crippen molar-refractivity contribution in [2.24, 2.45) is 0 Å². The van der Waals surface area contributed by atoms with Crippen LogP contribution in [0.25, 0.3) is 0 Å². The molecule has 17 unspecified atom stereocenters. The molecule has 0 aromatic rings. The van der Waals surface area contributed by atoms with Crippen LogP contribution in [-0.4, -0.2) is 191 Å². The van der Waals surface area contributed by atoms with Crippen molar-refractivity contribution in [1.29, 1.82) is 0 Å². The average Bonchev–Trinajstić information content (AvgIpc) is 3.24. The van der Waals surface area contributed by atoms with Crippen molar-refractivity contribution in [3.63, 3.8) is 0 Å². The lowest BCUT2D eigenvalue weighted by atomic mass is 9.98. The first-order chi connectivity index (χ1) is 29.2. The number of rotatable bonds is 31. The van der Waals surface area contributed by atoms with Crippen molar-refractivity contribution >= 4 is 5.97 Å². The highest BCUT2D eigenvalue weighted by molar-refractivity contribution is 5.71. The van der Waals surface area contributed by atoms with E-state index < -0.39 is 124 Å². The van der Waals surface area contributed by atoms with Crippen molar-refractivity contribution in [3.05, 3.63) is 0 Å².